The molecule has 1 heterocycles. The number of carbonyl (C=O) groups is 2. The molecule has 4 nitrogen and oxygen atoms in total. The molecule has 0 aromatic heterocycles. The van der Waals surface area contributed by atoms with Crippen molar-refractivity contribution in [2.75, 3.05) is 7.11 Å². The van der Waals surface area contributed by atoms with Gasteiger partial charge in [-0.05, 0) is 30.9 Å². The Morgan fingerprint density at radius 3 is 2.45 bits per heavy atom. The summed E-state index contributed by atoms with van der Waals surface area (Å²) < 4.78 is 19.7. The molecule has 0 fully saturated rings. The van der Waals surface area contributed by atoms with E-state index in [1.165, 1.54) is 13.2 Å². The first-order valence-electron chi connectivity index (χ1n) is 9.63. The van der Waals surface area contributed by atoms with Crippen LogP contribution in [-0.4, -0.2) is 18.9 Å². The summed E-state index contributed by atoms with van der Waals surface area (Å²) in [4.78, 5) is 25.8. The molecular formula is C24H22FNO3. The molecule has 0 unspecified atom stereocenters. The van der Waals surface area contributed by atoms with Gasteiger partial charge in [0, 0.05) is 29.0 Å². The van der Waals surface area contributed by atoms with Gasteiger partial charge in [0.2, 0.25) is 0 Å². The topological polar surface area (TPSA) is 55.4 Å². The lowest BCUT2D eigenvalue weighted by Crippen LogP contribution is -2.36. The number of ether oxygens (including phenoxy) is 1. The number of esters is 1. The van der Waals surface area contributed by atoms with E-state index in [-0.39, 0.29) is 17.3 Å². The van der Waals surface area contributed by atoms with Crippen molar-refractivity contribution in [3.05, 3.63) is 94.1 Å². The number of ketones is 1. The van der Waals surface area contributed by atoms with Gasteiger partial charge in [0.25, 0.3) is 0 Å². The predicted octanol–water partition coefficient (Wildman–Crippen LogP) is 4.36. The zero-order valence-corrected chi connectivity index (χ0v) is 16.4. The number of rotatable bonds is 3. The van der Waals surface area contributed by atoms with Crippen LogP contribution in [-0.2, 0) is 14.3 Å². The molecule has 0 saturated heterocycles. The van der Waals surface area contributed by atoms with E-state index in [0.717, 1.165) is 11.3 Å². The Balaban J connectivity index is 1.84. The number of methoxy groups -OCH3 is 1. The first-order chi connectivity index (χ1) is 14.0. The summed E-state index contributed by atoms with van der Waals surface area (Å²) in [6, 6.07) is 16.2. The molecule has 2 atom stereocenters. The summed E-state index contributed by atoms with van der Waals surface area (Å²) >= 11 is 0. The van der Waals surface area contributed by atoms with Crippen LogP contribution in [0.4, 0.5) is 4.39 Å². The van der Waals surface area contributed by atoms with Crippen LogP contribution in [0, 0.1) is 5.82 Å². The van der Waals surface area contributed by atoms with Crippen LogP contribution in [0.25, 0.3) is 0 Å². The van der Waals surface area contributed by atoms with Gasteiger partial charge in [-0.2, -0.15) is 0 Å². The van der Waals surface area contributed by atoms with E-state index in [9.17, 15) is 14.0 Å². The Labute approximate surface area is 169 Å². The van der Waals surface area contributed by atoms with Gasteiger partial charge < -0.3 is 10.1 Å². The summed E-state index contributed by atoms with van der Waals surface area (Å²) in [5, 5.41) is 3.25. The van der Waals surface area contributed by atoms with Crippen LogP contribution in [0.15, 0.2) is 77.1 Å². The minimum absolute atomic E-state index is 0.0451. The minimum Gasteiger partial charge on any atom is -0.466 e. The van der Waals surface area contributed by atoms with Gasteiger partial charge in [-0.3, -0.25) is 4.79 Å². The summed E-state index contributed by atoms with van der Waals surface area (Å²) in [6.07, 6.45) is 0.949. The molecule has 1 N–H and O–H groups in total. The molecule has 5 heteroatoms. The van der Waals surface area contributed by atoms with E-state index in [4.69, 9.17) is 4.74 Å². The van der Waals surface area contributed by atoms with Gasteiger partial charge in [0.15, 0.2) is 5.78 Å². The van der Waals surface area contributed by atoms with Crippen molar-refractivity contribution in [1.82, 2.24) is 5.32 Å². The van der Waals surface area contributed by atoms with Crippen molar-refractivity contribution < 1.29 is 18.7 Å². The monoisotopic (exact) mass is 391 g/mol. The fourth-order valence-corrected chi connectivity index (χ4v) is 4.40. The Morgan fingerprint density at radius 1 is 1.07 bits per heavy atom. The summed E-state index contributed by atoms with van der Waals surface area (Å²) in [5.74, 6) is -1.81. The van der Waals surface area contributed by atoms with Gasteiger partial charge >= 0.3 is 5.97 Å². The molecule has 0 bridgehead atoms. The van der Waals surface area contributed by atoms with E-state index >= 15 is 0 Å². The van der Waals surface area contributed by atoms with E-state index < -0.39 is 17.7 Å². The molecule has 4 rings (SSSR count). The van der Waals surface area contributed by atoms with Crippen LogP contribution >= 0.6 is 0 Å². The largest absolute Gasteiger partial charge is 0.466 e. The Kier molecular flexibility index (Phi) is 5.05. The molecule has 0 radical (unpaired) electrons. The fraction of sp³-hybridized carbons (Fsp3) is 0.250. The zero-order chi connectivity index (χ0) is 20.5. The Hall–Kier alpha value is -3.21. The van der Waals surface area contributed by atoms with Gasteiger partial charge in [0.1, 0.15) is 5.82 Å². The molecule has 0 amide bonds. The third-order valence-corrected chi connectivity index (χ3v) is 5.72. The second kappa shape index (κ2) is 7.66. The van der Waals surface area contributed by atoms with E-state index in [1.54, 1.807) is 25.1 Å². The van der Waals surface area contributed by atoms with Crippen molar-refractivity contribution in [1.29, 1.82) is 0 Å². The minimum atomic E-state index is -0.774. The SMILES string of the molecule is COC(=O)C1=C(C)NC2=C(C(=O)C[C@H](c3ccccc3)C2)[C@H]1c1ccccc1F. The highest BCUT2D eigenvalue weighted by molar-refractivity contribution is 6.04. The maximum absolute atomic E-state index is 14.7. The second-order valence-electron chi connectivity index (χ2n) is 7.44. The maximum Gasteiger partial charge on any atom is 0.336 e. The van der Waals surface area contributed by atoms with Crippen LogP contribution < -0.4 is 5.32 Å². The van der Waals surface area contributed by atoms with Gasteiger partial charge in [0.05, 0.1) is 18.6 Å². The van der Waals surface area contributed by atoms with E-state index in [0.29, 0.717) is 29.7 Å². The predicted molar refractivity (Wildman–Crippen MR) is 107 cm³/mol. The smallest absolute Gasteiger partial charge is 0.336 e. The van der Waals surface area contributed by atoms with Gasteiger partial charge in [-0.25, -0.2) is 9.18 Å². The van der Waals surface area contributed by atoms with Crippen molar-refractivity contribution >= 4 is 11.8 Å². The van der Waals surface area contributed by atoms with Gasteiger partial charge in [-0.1, -0.05) is 48.5 Å². The fourth-order valence-electron chi connectivity index (χ4n) is 4.40. The highest BCUT2D eigenvalue weighted by Gasteiger charge is 2.42. The number of dihydropyridines is 1. The Morgan fingerprint density at radius 2 is 1.76 bits per heavy atom. The summed E-state index contributed by atoms with van der Waals surface area (Å²) in [7, 11) is 1.29. The third-order valence-electron chi connectivity index (χ3n) is 5.72. The molecule has 148 valence electrons. The van der Waals surface area contributed by atoms with Crippen molar-refractivity contribution in [2.24, 2.45) is 0 Å². The average Bonchev–Trinajstić information content (AvgIpc) is 2.73. The molecule has 29 heavy (non-hydrogen) atoms. The zero-order valence-electron chi connectivity index (χ0n) is 16.4. The maximum atomic E-state index is 14.7. The number of hydrogen-bond acceptors (Lipinski definition) is 4. The Bertz CT molecular complexity index is 1040. The number of hydrogen-bond donors (Lipinski definition) is 1. The second-order valence-corrected chi connectivity index (χ2v) is 7.44. The van der Waals surface area contributed by atoms with Crippen LogP contribution in [0.1, 0.15) is 42.7 Å². The number of nitrogens with one attached hydrogen (secondary N) is 1. The van der Waals surface area contributed by atoms with E-state index in [1.807, 2.05) is 30.3 Å². The molecule has 0 saturated carbocycles. The van der Waals surface area contributed by atoms with E-state index in [2.05, 4.69) is 5.32 Å². The molecule has 2 aromatic rings. The quantitative estimate of drug-likeness (QED) is 0.790. The number of halogens is 1. The summed E-state index contributed by atoms with van der Waals surface area (Å²) in [5.41, 5.74) is 3.50. The lowest BCUT2D eigenvalue weighted by atomic mass is 9.71. The average molecular weight is 391 g/mol. The lowest BCUT2D eigenvalue weighted by molar-refractivity contribution is -0.136. The molecule has 2 aromatic carbocycles. The van der Waals surface area contributed by atoms with Crippen molar-refractivity contribution in [3.8, 4) is 0 Å². The number of carbonyl (C=O) groups excluding carboxylic acids is 2. The lowest BCUT2D eigenvalue weighted by Gasteiger charge is -2.36. The van der Waals surface area contributed by atoms with Crippen molar-refractivity contribution in [3.63, 3.8) is 0 Å². The molecule has 0 spiro atoms. The molecule has 1 aliphatic carbocycles. The molecule has 1 aliphatic heterocycles. The number of allylic oxidation sites excluding steroid dienone is 3. The first kappa shape index (κ1) is 19.1. The standard InChI is InChI=1S/C24H22FNO3/c1-14-21(24(28)29-2)22(17-10-6-7-11-18(17)25)23-19(26-14)12-16(13-20(23)27)15-8-4-3-5-9-15/h3-11,16,22,26H,12-13H2,1-2H3/t16-,22+/m1/s1. The highest BCUT2D eigenvalue weighted by atomic mass is 19.1. The molecule has 2 aliphatic rings. The van der Waals surface area contributed by atoms with Crippen LogP contribution in [0.3, 0.4) is 0 Å². The first-order valence-corrected chi connectivity index (χ1v) is 9.63. The van der Waals surface area contributed by atoms with Crippen LogP contribution in [0.5, 0.6) is 0 Å². The molecular weight excluding hydrogens is 369 g/mol. The summed E-state index contributed by atoms with van der Waals surface area (Å²) in [6.45, 7) is 1.76. The van der Waals surface area contributed by atoms with Crippen LogP contribution in [0.2, 0.25) is 0 Å². The normalized spacial score (nSPS) is 21.6. The third kappa shape index (κ3) is 3.37. The highest BCUT2D eigenvalue weighted by Crippen LogP contribution is 2.46. The van der Waals surface area contributed by atoms with Gasteiger partial charge in [-0.15, -0.1) is 0 Å². The van der Waals surface area contributed by atoms with Crippen molar-refractivity contribution in [2.45, 2.75) is 31.6 Å². The number of Topliss-reactive ketones (excluding diaryl/α,β-unsaturated/α-hetero) is 1. The number of benzene rings is 2.